The van der Waals surface area contributed by atoms with Crippen molar-refractivity contribution in [2.75, 3.05) is 25.0 Å². The fourth-order valence-corrected chi connectivity index (χ4v) is 4.95. The first-order valence-corrected chi connectivity index (χ1v) is 13.3. The van der Waals surface area contributed by atoms with E-state index < -0.39 is 12.1 Å². The van der Waals surface area contributed by atoms with E-state index in [1.807, 2.05) is 37.8 Å². The summed E-state index contributed by atoms with van der Waals surface area (Å²) in [5, 5.41) is 8.87. The van der Waals surface area contributed by atoms with E-state index in [4.69, 9.17) is 0 Å². The smallest absolute Gasteiger partial charge is 0.319 e. The molecular formula is C25H38BrN5O3. The molecule has 1 aliphatic carbocycles. The summed E-state index contributed by atoms with van der Waals surface area (Å²) in [4.78, 5) is 42.5. The second-order valence-electron chi connectivity index (χ2n) is 9.58. The zero-order valence-electron chi connectivity index (χ0n) is 20.5. The molecule has 3 rings (SSSR count). The van der Waals surface area contributed by atoms with E-state index in [1.165, 1.54) is 19.3 Å². The Morgan fingerprint density at radius 2 is 1.76 bits per heavy atom. The third-order valence-corrected chi connectivity index (χ3v) is 7.53. The summed E-state index contributed by atoms with van der Waals surface area (Å²) in [6.07, 6.45) is 6.43. The first-order chi connectivity index (χ1) is 16.3. The molecule has 2 aliphatic rings. The Morgan fingerprint density at radius 1 is 1.09 bits per heavy atom. The standard InChI is InChI=1S/C25H38BrN5O3/c1-4-17(2)22(29-24(33)27-21-12-10-19(26)11-13-21)23(32)30-14-15-31(18(3)16-30)25(34)28-20-8-6-5-7-9-20/h10-13,17-18,20,22H,4-9,14-16H2,1-3H3,(H,28,34)(H2,27,29,33). The molecular weight excluding hydrogens is 498 g/mol. The van der Waals surface area contributed by atoms with Crippen LogP contribution >= 0.6 is 15.9 Å². The number of carbonyl (C=O) groups excluding carboxylic acids is 3. The lowest BCUT2D eigenvalue weighted by atomic mass is 9.95. The van der Waals surface area contributed by atoms with Gasteiger partial charge in [-0.1, -0.05) is 55.5 Å². The average molecular weight is 537 g/mol. The van der Waals surface area contributed by atoms with Crippen LogP contribution in [0.25, 0.3) is 0 Å². The summed E-state index contributed by atoms with van der Waals surface area (Å²) in [5.41, 5.74) is 0.655. The van der Waals surface area contributed by atoms with Gasteiger partial charge < -0.3 is 25.8 Å². The van der Waals surface area contributed by atoms with E-state index in [0.29, 0.717) is 25.3 Å². The summed E-state index contributed by atoms with van der Waals surface area (Å²) in [6.45, 7) is 7.37. The first-order valence-electron chi connectivity index (χ1n) is 12.5. The number of nitrogens with zero attached hydrogens (tertiary/aromatic N) is 2. The van der Waals surface area contributed by atoms with Gasteiger partial charge in [-0.15, -0.1) is 0 Å². The van der Waals surface area contributed by atoms with Gasteiger partial charge in [-0.25, -0.2) is 9.59 Å². The monoisotopic (exact) mass is 535 g/mol. The predicted molar refractivity (Wildman–Crippen MR) is 138 cm³/mol. The number of anilines is 1. The molecule has 188 valence electrons. The summed E-state index contributed by atoms with van der Waals surface area (Å²) >= 11 is 3.38. The number of amides is 5. The van der Waals surface area contributed by atoms with Crippen molar-refractivity contribution in [3.8, 4) is 0 Å². The fraction of sp³-hybridized carbons (Fsp3) is 0.640. The van der Waals surface area contributed by atoms with Gasteiger partial charge in [0.2, 0.25) is 5.91 Å². The lowest BCUT2D eigenvalue weighted by Gasteiger charge is -2.42. The van der Waals surface area contributed by atoms with Gasteiger partial charge in [0.05, 0.1) is 0 Å². The van der Waals surface area contributed by atoms with Crippen molar-refractivity contribution in [1.82, 2.24) is 20.4 Å². The van der Waals surface area contributed by atoms with Crippen LogP contribution in [-0.2, 0) is 4.79 Å². The molecule has 5 amide bonds. The van der Waals surface area contributed by atoms with E-state index in [2.05, 4.69) is 31.9 Å². The number of piperazine rings is 1. The third-order valence-electron chi connectivity index (χ3n) is 7.00. The van der Waals surface area contributed by atoms with Crippen LogP contribution in [0, 0.1) is 5.92 Å². The largest absolute Gasteiger partial charge is 0.337 e. The highest BCUT2D eigenvalue weighted by molar-refractivity contribution is 9.10. The molecule has 1 saturated heterocycles. The molecule has 9 heteroatoms. The van der Waals surface area contributed by atoms with E-state index in [9.17, 15) is 14.4 Å². The maximum Gasteiger partial charge on any atom is 0.319 e. The van der Waals surface area contributed by atoms with E-state index in [-0.39, 0.29) is 29.9 Å². The molecule has 0 bridgehead atoms. The topological polar surface area (TPSA) is 93.8 Å². The van der Waals surface area contributed by atoms with Crippen LogP contribution in [0.5, 0.6) is 0 Å². The van der Waals surface area contributed by atoms with Gasteiger partial charge in [0.25, 0.3) is 0 Å². The fourth-order valence-electron chi connectivity index (χ4n) is 4.69. The summed E-state index contributed by atoms with van der Waals surface area (Å²) in [7, 11) is 0. The number of carbonyl (C=O) groups is 3. The van der Waals surface area contributed by atoms with Gasteiger partial charge in [-0.3, -0.25) is 4.79 Å². The van der Waals surface area contributed by atoms with Crippen molar-refractivity contribution in [3.05, 3.63) is 28.7 Å². The van der Waals surface area contributed by atoms with E-state index >= 15 is 0 Å². The molecule has 1 aromatic carbocycles. The van der Waals surface area contributed by atoms with Gasteiger partial charge in [-0.05, 0) is 49.9 Å². The van der Waals surface area contributed by atoms with Crippen molar-refractivity contribution in [3.63, 3.8) is 0 Å². The summed E-state index contributed by atoms with van der Waals surface area (Å²) < 4.78 is 0.923. The van der Waals surface area contributed by atoms with Gasteiger partial charge in [-0.2, -0.15) is 0 Å². The number of hydrogen-bond acceptors (Lipinski definition) is 3. The number of urea groups is 2. The molecule has 1 heterocycles. The Balaban J connectivity index is 1.57. The summed E-state index contributed by atoms with van der Waals surface area (Å²) in [5.74, 6) is -0.120. The van der Waals surface area contributed by atoms with Gasteiger partial charge in [0.1, 0.15) is 6.04 Å². The van der Waals surface area contributed by atoms with Crippen LogP contribution in [0.3, 0.4) is 0 Å². The highest BCUT2D eigenvalue weighted by atomic mass is 79.9. The first kappa shape index (κ1) is 26.3. The van der Waals surface area contributed by atoms with Crippen LogP contribution in [0.2, 0.25) is 0 Å². The van der Waals surface area contributed by atoms with Crippen LogP contribution in [0.1, 0.15) is 59.3 Å². The van der Waals surface area contributed by atoms with Gasteiger partial charge in [0, 0.05) is 41.9 Å². The highest BCUT2D eigenvalue weighted by Gasteiger charge is 2.35. The maximum atomic E-state index is 13.4. The third kappa shape index (κ3) is 7.10. The van der Waals surface area contributed by atoms with E-state index in [0.717, 1.165) is 23.7 Å². The minimum atomic E-state index is -0.629. The zero-order chi connectivity index (χ0) is 24.7. The minimum Gasteiger partial charge on any atom is -0.337 e. The van der Waals surface area contributed by atoms with Crippen LogP contribution < -0.4 is 16.0 Å². The SMILES string of the molecule is CCC(C)C(NC(=O)Nc1ccc(Br)cc1)C(=O)N1CCN(C(=O)NC2CCCCC2)C(C)C1. The number of rotatable bonds is 6. The second kappa shape index (κ2) is 12.4. The Kier molecular flexibility index (Phi) is 9.62. The van der Waals surface area contributed by atoms with Gasteiger partial charge in [0.15, 0.2) is 0 Å². The molecule has 3 N–H and O–H groups in total. The van der Waals surface area contributed by atoms with Crippen molar-refractivity contribution in [2.24, 2.45) is 5.92 Å². The molecule has 0 spiro atoms. The second-order valence-corrected chi connectivity index (χ2v) is 10.5. The van der Waals surface area contributed by atoms with Crippen molar-refractivity contribution < 1.29 is 14.4 Å². The van der Waals surface area contributed by atoms with Crippen molar-refractivity contribution in [2.45, 2.75) is 77.4 Å². The normalized spacial score (nSPS) is 20.9. The molecule has 8 nitrogen and oxygen atoms in total. The molecule has 1 aliphatic heterocycles. The number of halogens is 1. The predicted octanol–water partition coefficient (Wildman–Crippen LogP) is 4.56. The molecule has 0 radical (unpaired) electrons. The number of nitrogens with one attached hydrogen (secondary N) is 3. The van der Waals surface area contributed by atoms with Crippen LogP contribution in [0.4, 0.5) is 15.3 Å². The molecule has 0 aromatic heterocycles. The molecule has 1 aromatic rings. The van der Waals surface area contributed by atoms with Crippen LogP contribution in [-0.4, -0.2) is 65.5 Å². The van der Waals surface area contributed by atoms with Gasteiger partial charge >= 0.3 is 12.1 Å². The van der Waals surface area contributed by atoms with E-state index in [1.54, 1.807) is 17.0 Å². The Hall–Kier alpha value is -2.29. The molecule has 3 atom stereocenters. The molecule has 3 unspecified atom stereocenters. The number of benzene rings is 1. The Bertz CT molecular complexity index is 843. The molecule has 2 fully saturated rings. The maximum absolute atomic E-state index is 13.4. The minimum absolute atomic E-state index is 0.0221. The highest BCUT2D eigenvalue weighted by Crippen LogP contribution is 2.20. The van der Waals surface area contributed by atoms with Crippen LogP contribution in [0.15, 0.2) is 28.7 Å². The molecule has 34 heavy (non-hydrogen) atoms. The lowest BCUT2D eigenvalue weighted by Crippen LogP contribution is -2.62. The molecule has 1 saturated carbocycles. The average Bonchev–Trinajstić information content (AvgIpc) is 2.83. The van der Waals surface area contributed by atoms with Crippen molar-refractivity contribution in [1.29, 1.82) is 0 Å². The lowest BCUT2D eigenvalue weighted by molar-refractivity contribution is -0.136. The van der Waals surface area contributed by atoms with Crippen molar-refractivity contribution >= 4 is 39.6 Å². The Labute approximate surface area is 211 Å². The zero-order valence-corrected chi connectivity index (χ0v) is 22.1. The summed E-state index contributed by atoms with van der Waals surface area (Å²) in [6, 6.07) is 6.39. The quantitative estimate of drug-likeness (QED) is 0.498. The Morgan fingerprint density at radius 3 is 2.38 bits per heavy atom. The number of hydrogen-bond donors (Lipinski definition) is 3.